The van der Waals surface area contributed by atoms with E-state index in [4.69, 9.17) is 9.88 Å². The Morgan fingerprint density at radius 2 is 2.31 bits per heavy atom. The number of halogens is 1. The highest BCUT2D eigenvalue weighted by Crippen LogP contribution is 2.16. The second-order valence-electron chi connectivity index (χ2n) is 2.92. The average Bonchev–Trinajstić information content (AvgIpc) is 2.19. The van der Waals surface area contributed by atoms with Gasteiger partial charge in [0.05, 0.1) is 13.2 Å². The largest absolute Gasteiger partial charge is 0.383 e. The summed E-state index contributed by atoms with van der Waals surface area (Å²) in [6, 6.07) is 2.46. The van der Waals surface area contributed by atoms with Gasteiger partial charge >= 0.3 is 0 Å². The van der Waals surface area contributed by atoms with Gasteiger partial charge in [-0.05, 0) is 12.1 Å². The van der Waals surface area contributed by atoms with E-state index in [9.17, 15) is 12.8 Å². The van der Waals surface area contributed by atoms with Crippen molar-refractivity contribution < 1.29 is 17.5 Å². The van der Waals surface area contributed by atoms with Crippen LogP contribution in [0.2, 0.25) is 0 Å². The molecule has 8 heteroatoms. The highest BCUT2D eigenvalue weighted by molar-refractivity contribution is 7.90. The van der Waals surface area contributed by atoms with Crippen LogP contribution in [-0.4, -0.2) is 33.7 Å². The van der Waals surface area contributed by atoms with Gasteiger partial charge in [-0.2, -0.15) is 8.42 Å². The van der Waals surface area contributed by atoms with Crippen LogP contribution in [-0.2, 0) is 14.9 Å². The zero-order valence-corrected chi connectivity index (χ0v) is 9.45. The summed E-state index contributed by atoms with van der Waals surface area (Å²) in [5, 5.41) is 4.96. The molecule has 0 amide bonds. The van der Waals surface area contributed by atoms with Gasteiger partial charge in [0, 0.05) is 13.3 Å². The fourth-order valence-electron chi connectivity index (χ4n) is 1.09. The monoisotopic (exact) mass is 249 g/mol. The van der Waals surface area contributed by atoms with Crippen molar-refractivity contribution in [1.82, 2.24) is 4.98 Å². The summed E-state index contributed by atoms with van der Waals surface area (Å²) in [5.41, 5.74) is 0. The second kappa shape index (κ2) is 5.19. The molecule has 0 spiro atoms. The molecule has 0 saturated heterocycles. The van der Waals surface area contributed by atoms with Crippen LogP contribution in [0.25, 0.3) is 0 Å². The van der Waals surface area contributed by atoms with Crippen molar-refractivity contribution in [3.63, 3.8) is 0 Å². The molecule has 0 aromatic carbocycles. The SMILES string of the molecule is COCCN(c1ncccc1F)S(N)(=O)=O. The minimum atomic E-state index is -4.06. The molecular weight excluding hydrogens is 237 g/mol. The molecular formula is C8H12FN3O3S. The second-order valence-corrected chi connectivity index (χ2v) is 4.39. The zero-order chi connectivity index (χ0) is 12.2. The first-order valence-corrected chi connectivity index (χ1v) is 5.87. The summed E-state index contributed by atoms with van der Waals surface area (Å²) in [6.45, 7) is -0.00426. The minimum Gasteiger partial charge on any atom is -0.383 e. The normalized spacial score (nSPS) is 11.4. The number of ether oxygens (including phenoxy) is 1. The van der Waals surface area contributed by atoms with E-state index < -0.39 is 16.0 Å². The van der Waals surface area contributed by atoms with Crippen molar-refractivity contribution in [1.29, 1.82) is 0 Å². The lowest BCUT2D eigenvalue weighted by molar-refractivity contribution is 0.208. The number of rotatable bonds is 5. The molecule has 1 rings (SSSR count). The maximum absolute atomic E-state index is 13.3. The van der Waals surface area contributed by atoms with Gasteiger partial charge in [0.1, 0.15) is 0 Å². The molecule has 0 saturated carbocycles. The number of anilines is 1. The van der Waals surface area contributed by atoms with Gasteiger partial charge in [-0.3, -0.25) is 0 Å². The fourth-order valence-corrected chi connectivity index (χ4v) is 1.79. The van der Waals surface area contributed by atoms with Crippen LogP contribution in [0.15, 0.2) is 18.3 Å². The third-order valence-electron chi connectivity index (χ3n) is 1.78. The van der Waals surface area contributed by atoms with Crippen molar-refractivity contribution >= 4 is 16.0 Å². The predicted molar refractivity (Wildman–Crippen MR) is 56.5 cm³/mol. The Kier molecular flexibility index (Phi) is 4.16. The lowest BCUT2D eigenvalue weighted by Gasteiger charge is -2.20. The highest BCUT2D eigenvalue weighted by Gasteiger charge is 2.21. The van der Waals surface area contributed by atoms with Crippen molar-refractivity contribution in [2.75, 3.05) is 24.6 Å². The average molecular weight is 249 g/mol. The molecule has 0 radical (unpaired) electrons. The van der Waals surface area contributed by atoms with Crippen LogP contribution in [0.5, 0.6) is 0 Å². The van der Waals surface area contributed by atoms with Crippen LogP contribution in [0, 0.1) is 5.82 Å². The van der Waals surface area contributed by atoms with Gasteiger partial charge in [0.2, 0.25) is 0 Å². The summed E-state index contributed by atoms with van der Waals surface area (Å²) in [7, 11) is -2.66. The Morgan fingerprint density at radius 1 is 1.62 bits per heavy atom. The van der Waals surface area contributed by atoms with Crippen LogP contribution in [0.3, 0.4) is 0 Å². The van der Waals surface area contributed by atoms with Crippen molar-refractivity contribution in [2.24, 2.45) is 5.14 Å². The maximum Gasteiger partial charge on any atom is 0.300 e. The molecule has 0 bridgehead atoms. The van der Waals surface area contributed by atoms with E-state index in [2.05, 4.69) is 4.98 Å². The topological polar surface area (TPSA) is 85.5 Å². The van der Waals surface area contributed by atoms with Gasteiger partial charge in [-0.25, -0.2) is 18.8 Å². The summed E-state index contributed by atoms with van der Waals surface area (Å²) in [6.07, 6.45) is 1.28. The van der Waals surface area contributed by atoms with Crippen LogP contribution >= 0.6 is 0 Å². The van der Waals surface area contributed by atoms with Crippen LogP contribution in [0.1, 0.15) is 0 Å². The molecule has 1 heterocycles. The molecule has 0 unspecified atom stereocenters. The first-order valence-electron chi connectivity index (χ1n) is 4.36. The molecule has 0 aliphatic rings. The molecule has 6 nitrogen and oxygen atoms in total. The summed E-state index contributed by atoms with van der Waals surface area (Å²) < 4.78 is 41.2. The Hall–Kier alpha value is -1.25. The Bertz CT molecular complexity index is 452. The molecule has 2 N–H and O–H groups in total. The van der Waals surface area contributed by atoms with E-state index in [0.29, 0.717) is 4.31 Å². The molecule has 1 aromatic heterocycles. The number of nitrogens with zero attached hydrogens (tertiary/aromatic N) is 2. The van der Waals surface area contributed by atoms with E-state index in [0.717, 1.165) is 6.07 Å². The lowest BCUT2D eigenvalue weighted by Crippen LogP contribution is -2.40. The Labute approximate surface area is 93.0 Å². The number of pyridine rings is 1. The van der Waals surface area contributed by atoms with Crippen LogP contribution in [0.4, 0.5) is 10.2 Å². The van der Waals surface area contributed by atoms with Gasteiger partial charge < -0.3 is 4.74 Å². The van der Waals surface area contributed by atoms with Crippen molar-refractivity contribution in [3.05, 3.63) is 24.1 Å². The number of hydrogen-bond acceptors (Lipinski definition) is 4. The molecule has 0 aliphatic heterocycles. The highest BCUT2D eigenvalue weighted by atomic mass is 32.2. The predicted octanol–water partition coefficient (Wildman–Crippen LogP) is -0.123. The molecule has 0 fully saturated rings. The number of hydrogen-bond donors (Lipinski definition) is 1. The van der Waals surface area contributed by atoms with Gasteiger partial charge in [0.25, 0.3) is 10.2 Å². The number of methoxy groups -OCH3 is 1. The number of nitrogens with two attached hydrogens (primary N) is 1. The van der Waals surface area contributed by atoms with E-state index in [1.807, 2.05) is 0 Å². The molecule has 16 heavy (non-hydrogen) atoms. The quantitative estimate of drug-likeness (QED) is 0.788. The van der Waals surface area contributed by atoms with Crippen molar-refractivity contribution in [3.8, 4) is 0 Å². The Morgan fingerprint density at radius 3 is 2.81 bits per heavy atom. The third kappa shape index (κ3) is 3.12. The standard InChI is InChI=1S/C8H12FN3O3S/c1-15-6-5-12(16(10,13)14)8-7(9)3-2-4-11-8/h2-4H,5-6H2,1H3,(H2,10,13,14). The first kappa shape index (κ1) is 12.8. The van der Waals surface area contributed by atoms with Gasteiger partial charge in [-0.1, -0.05) is 0 Å². The smallest absolute Gasteiger partial charge is 0.300 e. The maximum atomic E-state index is 13.3. The lowest BCUT2D eigenvalue weighted by atomic mass is 10.4. The molecule has 0 atom stereocenters. The fraction of sp³-hybridized carbons (Fsp3) is 0.375. The van der Waals surface area contributed by atoms with E-state index in [1.54, 1.807) is 0 Å². The van der Waals surface area contributed by atoms with Gasteiger partial charge in [-0.15, -0.1) is 0 Å². The van der Waals surface area contributed by atoms with Crippen LogP contribution < -0.4 is 9.44 Å². The summed E-state index contributed by atoms with van der Waals surface area (Å²) in [4.78, 5) is 3.63. The summed E-state index contributed by atoms with van der Waals surface area (Å²) in [5.74, 6) is -1.09. The zero-order valence-electron chi connectivity index (χ0n) is 8.63. The number of aromatic nitrogens is 1. The third-order valence-corrected chi connectivity index (χ3v) is 2.75. The Balaban J connectivity index is 3.07. The van der Waals surface area contributed by atoms with E-state index in [-0.39, 0.29) is 19.0 Å². The summed E-state index contributed by atoms with van der Waals surface area (Å²) >= 11 is 0. The van der Waals surface area contributed by atoms with Gasteiger partial charge in [0.15, 0.2) is 11.6 Å². The van der Waals surface area contributed by atoms with E-state index >= 15 is 0 Å². The van der Waals surface area contributed by atoms with E-state index in [1.165, 1.54) is 19.4 Å². The molecule has 1 aromatic rings. The first-order chi connectivity index (χ1) is 7.46. The molecule has 0 aliphatic carbocycles. The molecule has 90 valence electrons. The van der Waals surface area contributed by atoms with Crippen molar-refractivity contribution in [2.45, 2.75) is 0 Å². The minimum absolute atomic E-state index is 0.0897.